The SMILES string of the molecule is O=CC1CC2(CCCC2)CCC1=O. The van der Waals surface area contributed by atoms with Gasteiger partial charge in [-0.15, -0.1) is 0 Å². The summed E-state index contributed by atoms with van der Waals surface area (Å²) in [7, 11) is 0. The molecule has 1 unspecified atom stereocenters. The van der Waals surface area contributed by atoms with Crippen molar-refractivity contribution >= 4 is 12.1 Å². The van der Waals surface area contributed by atoms with Crippen molar-refractivity contribution in [1.29, 1.82) is 0 Å². The first-order valence-corrected chi connectivity index (χ1v) is 5.24. The van der Waals surface area contributed by atoms with E-state index in [0.29, 0.717) is 11.8 Å². The van der Waals surface area contributed by atoms with Gasteiger partial charge in [-0.25, -0.2) is 0 Å². The van der Waals surface area contributed by atoms with Gasteiger partial charge in [0.2, 0.25) is 0 Å². The highest BCUT2D eigenvalue weighted by Gasteiger charge is 2.41. The lowest BCUT2D eigenvalue weighted by Crippen LogP contribution is -2.32. The topological polar surface area (TPSA) is 34.1 Å². The highest BCUT2D eigenvalue weighted by atomic mass is 16.1. The van der Waals surface area contributed by atoms with Crippen LogP contribution in [-0.4, -0.2) is 12.1 Å². The summed E-state index contributed by atoms with van der Waals surface area (Å²) in [6.45, 7) is 0. The monoisotopic (exact) mass is 180 g/mol. The summed E-state index contributed by atoms with van der Waals surface area (Å²) in [5, 5.41) is 0. The number of carbonyl (C=O) groups excluding carboxylic acids is 2. The first-order valence-electron chi connectivity index (χ1n) is 5.24. The van der Waals surface area contributed by atoms with Crippen LogP contribution in [-0.2, 0) is 9.59 Å². The van der Waals surface area contributed by atoms with Gasteiger partial charge in [0.05, 0.1) is 5.92 Å². The van der Waals surface area contributed by atoms with Crippen LogP contribution in [0, 0.1) is 11.3 Å². The van der Waals surface area contributed by atoms with E-state index in [1.807, 2.05) is 0 Å². The Morgan fingerprint density at radius 2 is 1.92 bits per heavy atom. The summed E-state index contributed by atoms with van der Waals surface area (Å²) >= 11 is 0. The van der Waals surface area contributed by atoms with Crippen molar-refractivity contribution in [2.45, 2.75) is 44.9 Å². The van der Waals surface area contributed by atoms with Crippen molar-refractivity contribution in [3.8, 4) is 0 Å². The maximum Gasteiger partial charge on any atom is 0.143 e. The first kappa shape index (κ1) is 8.92. The van der Waals surface area contributed by atoms with Gasteiger partial charge in [0.15, 0.2) is 0 Å². The number of carbonyl (C=O) groups is 2. The molecule has 2 aliphatic rings. The Morgan fingerprint density at radius 1 is 1.23 bits per heavy atom. The second-order valence-corrected chi connectivity index (χ2v) is 4.62. The molecule has 0 amide bonds. The first-order chi connectivity index (χ1) is 6.26. The predicted molar refractivity (Wildman–Crippen MR) is 49.3 cm³/mol. The number of ketones is 1. The third-order valence-corrected chi connectivity index (χ3v) is 3.80. The Bertz CT molecular complexity index is 226. The molecule has 2 fully saturated rings. The minimum absolute atomic E-state index is 0.174. The van der Waals surface area contributed by atoms with Gasteiger partial charge in [0.1, 0.15) is 12.1 Å². The highest BCUT2D eigenvalue weighted by molar-refractivity contribution is 5.93. The van der Waals surface area contributed by atoms with Crippen molar-refractivity contribution in [2.75, 3.05) is 0 Å². The van der Waals surface area contributed by atoms with Gasteiger partial charge < -0.3 is 4.79 Å². The van der Waals surface area contributed by atoms with Crippen LogP contribution in [0.15, 0.2) is 0 Å². The molecule has 0 aromatic heterocycles. The van der Waals surface area contributed by atoms with Crippen molar-refractivity contribution in [1.82, 2.24) is 0 Å². The summed E-state index contributed by atoms with van der Waals surface area (Å²) in [6, 6.07) is 0. The summed E-state index contributed by atoms with van der Waals surface area (Å²) in [5.41, 5.74) is 0.374. The molecule has 2 saturated carbocycles. The molecule has 1 atom stereocenters. The Labute approximate surface area is 78.7 Å². The summed E-state index contributed by atoms with van der Waals surface area (Å²) in [5.74, 6) is -0.0978. The highest BCUT2D eigenvalue weighted by Crippen LogP contribution is 2.49. The minimum atomic E-state index is -0.271. The van der Waals surface area contributed by atoms with E-state index in [1.165, 1.54) is 25.7 Å². The Kier molecular flexibility index (Phi) is 2.22. The van der Waals surface area contributed by atoms with Crippen molar-refractivity contribution < 1.29 is 9.59 Å². The standard InChI is InChI=1S/C11H16O2/c12-8-9-7-11(4-1-2-5-11)6-3-10(9)13/h8-9H,1-7H2. The molecule has 2 nitrogen and oxygen atoms in total. The molecule has 13 heavy (non-hydrogen) atoms. The van der Waals surface area contributed by atoms with Crippen LogP contribution >= 0.6 is 0 Å². The van der Waals surface area contributed by atoms with Gasteiger partial charge in [0, 0.05) is 6.42 Å². The lowest BCUT2D eigenvalue weighted by atomic mass is 9.68. The average molecular weight is 180 g/mol. The molecular weight excluding hydrogens is 164 g/mol. The normalized spacial score (nSPS) is 32.3. The van der Waals surface area contributed by atoms with Crippen LogP contribution in [0.1, 0.15) is 44.9 Å². The maximum absolute atomic E-state index is 11.3. The fraction of sp³-hybridized carbons (Fsp3) is 0.818. The van der Waals surface area contributed by atoms with Gasteiger partial charge in [-0.3, -0.25) is 4.79 Å². The molecule has 0 N–H and O–H groups in total. The molecule has 2 rings (SSSR count). The van der Waals surface area contributed by atoms with Gasteiger partial charge >= 0.3 is 0 Å². The third kappa shape index (κ3) is 1.54. The van der Waals surface area contributed by atoms with E-state index in [0.717, 1.165) is 19.1 Å². The summed E-state index contributed by atoms with van der Waals surface area (Å²) < 4.78 is 0. The summed E-state index contributed by atoms with van der Waals surface area (Å²) in [6.07, 6.45) is 8.45. The number of aldehydes is 1. The Morgan fingerprint density at radius 3 is 2.54 bits per heavy atom. The predicted octanol–water partition coefficient (Wildman–Crippen LogP) is 2.11. The lowest BCUT2D eigenvalue weighted by Gasteiger charge is -2.35. The molecule has 0 aliphatic heterocycles. The molecule has 0 bridgehead atoms. The van der Waals surface area contributed by atoms with E-state index in [4.69, 9.17) is 0 Å². The van der Waals surface area contributed by atoms with E-state index < -0.39 is 0 Å². The fourth-order valence-electron chi connectivity index (χ4n) is 2.96. The molecular formula is C11H16O2. The lowest BCUT2D eigenvalue weighted by molar-refractivity contribution is -0.132. The fourth-order valence-corrected chi connectivity index (χ4v) is 2.96. The minimum Gasteiger partial charge on any atom is -0.303 e. The molecule has 0 radical (unpaired) electrons. The molecule has 0 saturated heterocycles. The van der Waals surface area contributed by atoms with E-state index in [2.05, 4.69) is 0 Å². The van der Waals surface area contributed by atoms with Crippen LogP contribution in [0.5, 0.6) is 0 Å². The van der Waals surface area contributed by atoms with Crippen LogP contribution < -0.4 is 0 Å². The Balaban J connectivity index is 2.09. The molecule has 72 valence electrons. The molecule has 0 aromatic carbocycles. The van der Waals surface area contributed by atoms with E-state index in [1.54, 1.807) is 0 Å². The van der Waals surface area contributed by atoms with Crippen LogP contribution in [0.2, 0.25) is 0 Å². The van der Waals surface area contributed by atoms with Gasteiger partial charge in [-0.05, 0) is 31.1 Å². The average Bonchev–Trinajstić information content (AvgIpc) is 2.59. The molecule has 2 aliphatic carbocycles. The molecule has 0 aromatic rings. The zero-order chi connectivity index (χ0) is 9.31. The smallest absolute Gasteiger partial charge is 0.143 e. The Hall–Kier alpha value is -0.660. The van der Waals surface area contributed by atoms with E-state index in [9.17, 15) is 9.59 Å². The van der Waals surface area contributed by atoms with Gasteiger partial charge in [-0.2, -0.15) is 0 Å². The van der Waals surface area contributed by atoms with E-state index in [-0.39, 0.29) is 11.7 Å². The number of hydrogen-bond donors (Lipinski definition) is 0. The second kappa shape index (κ2) is 3.24. The molecule has 1 spiro atoms. The van der Waals surface area contributed by atoms with Crippen LogP contribution in [0.25, 0.3) is 0 Å². The number of Topliss-reactive ketones (excluding diaryl/α,β-unsaturated/α-hetero) is 1. The third-order valence-electron chi connectivity index (χ3n) is 3.80. The second-order valence-electron chi connectivity index (χ2n) is 4.62. The van der Waals surface area contributed by atoms with Crippen molar-refractivity contribution in [2.24, 2.45) is 11.3 Å². The van der Waals surface area contributed by atoms with Gasteiger partial charge in [0.25, 0.3) is 0 Å². The van der Waals surface area contributed by atoms with Crippen molar-refractivity contribution in [3.63, 3.8) is 0 Å². The van der Waals surface area contributed by atoms with Crippen LogP contribution in [0.3, 0.4) is 0 Å². The van der Waals surface area contributed by atoms with Gasteiger partial charge in [-0.1, -0.05) is 12.8 Å². The number of hydrogen-bond acceptors (Lipinski definition) is 2. The van der Waals surface area contributed by atoms with Crippen molar-refractivity contribution in [3.05, 3.63) is 0 Å². The zero-order valence-electron chi connectivity index (χ0n) is 7.92. The largest absolute Gasteiger partial charge is 0.303 e. The number of rotatable bonds is 1. The summed E-state index contributed by atoms with van der Waals surface area (Å²) in [4.78, 5) is 22.0. The molecule has 0 heterocycles. The maximum atomic E-state index is 11.3. The van der Waals surface area contributed by atoms with Crippen LogP contribution in [0.4, 0.5) is 0 Å². The zero-order valence-corrected chi connectivity index (χ0v) is 7.92. The van der Waals surface area contributed by atoms with E-state index >= 15 is 0 Å². The molecule has 2 heteroatoms. The quantitative estimate of drug-likeness (QED) is 0.457.